The van der Waals surface area contributed by atoms with E-state index in [-0.39, 0.29) is 24.0 Å². The van der Waals surface area contributed by atoms with E-state index in [0.29, 0.717) is 32.3 Å². The molecular formula is C16H28N2O3. The first-order valence-electron chi connectivity index (χ1n) is 8.50. The third kappa shape index (κ3) is 3.41. The summed E-state index contributed by atoms with van der Waals surface area (Å²) in [5.74, 6) is 0.418. The fourth-order valence-electron chi connectivity index (χ4n) is 3.91. The summed E-state index contributed by atoms with van der Waals surface area (Å²) in [6, 6.07) is 0.692. The lowest BCUT2D eigenvalue weighted by Crippen LogP contribution is -2.55. The summed E-state index contributed by atoms with van der Waals surface area (Å²) in [7, 11) is 0. The van der Waals surface area contributed by atoms with Crippen molar-refractivity contribution in [1.82, 2.24) is 9.80 Å². The molecule has 3 fully saturated rings. The van der Waals surface area contributed by atoms with E-state index in [4.69, 9.17) is 4.74 Å². The zero-order valence-electron chi connectivity index (χ0n) is 13.0. The van der Waals surface area contributed by atoms with Crippen molar-refractivity contribution < 1.29 is 14.6 Å². The lowest BCUT2D eigenvalue weighted by molar-refractivity contribution is -0.145. The molecule has 3 atom stereocenters. The molecule has 3 aliphatic rings. The second-order valence-electron chi connectivity index (χ2n) is 6.69. The molecule has 5 nitrogen and oxygen atoms in total. The SMILES string of the molecule is CCN(CC(=O)N1CCOCC1C1CCCC1O)C1CC1. The monoisotopic (exact) mass is 296 g/mol. The van der Waals surface area contributed by atoms with Crippen LogP contribution >= 0.6 is 0 Å². The third-order valence-corrected chi connectivity index (χ3v) is 5.32. The van der Waals surface area contributed by atoms with Crippen molar-refractivity contribution in [3.05, 3.63) is 0 Å². The maximum absolute atomic E-state index is 12.7. The molecular weight excluding hydrogens is 268 g/mol. The summed E-state index contributed by atoms with van der Waals surface area (Å²) in [6.45, 7) is 5.49. The van der Waals surface area contributed by atoms with E-state index in [1.165, 1.54) is 12.8 Å². The summed E-state index contributed by atoms with van der Waals surface area (Å²) < 4.78 is 5.60. The number of morpholine rings is 1. The highest BCUT2D eigenvalue weighted by Gasteiger charge is 2.40. The van der Waals surface area contributed by atoms with Gasteiger partial charge in [-0.15, -0.1) is 0 Å². The van der Waals surface area contributed by atoms with Gasteiger partial charge in [0.1, 0.15) is 0 Å². The zero-order valence-corrected chi connectivity index (χ0v) is 13.0. The zero-order chi connectivity index (χ0) is 14.8. The number of ether oxygens (including phenoxy) is 1. The van der Waals surface area contributed by atoms with Crippen molar-refractivity contribution in [2.45, 2.75) is 57.2 Å². The maximum atomic E-state index is 12.7. The average molecular weight is 296 g/mol. The number of likely N-dealkylation sites (N-methyl/N-ethyl adjacent to an activating group) is 1. The number of hydrogen-bond acceptors (Lipinski definition) is 4. The van der Waals surface area contributed by atoms with Crippen LogP contribution in [0.2, 0.25) is 0 Å². The van der Waals surface area contributed by atoms with E-state index in [0.717, 1.165) is 25.8 Å². The molecule has 1 aliphatic heterocycles. The lowest BCUT2D eigenvalue weighted by atomic mass is 9.94. The number of hydrogen-bond donors (Lipinski definition) is 1. The quantitative estimate of drug-likeness (QED) is 0.817. The lowest BCUT2D eigenvalue weighted by Gasteiger charge is -2.41. The van der Waals surface area contributed by atoms with Gasteiger partial charge in [-0.25, -0.2) is 0 Å². The number of aliphatic hydroxyl groups excluding tert-OH is 1. The summed E-state index contributed by atoms with van der Waals surface area (Å²) in [4.78, 5) is 17.0. The van der Waals surface area contributed by atoms with Crippen LogP contribution in [-0.4, -0.2) is 71.8 Å². The van der Waals surface area contributed by atoms with E-state index in [1.807, 2.05) is 4.90 Å². The van der Waals surface area contributed by atoms with Gasteiger partial charge in [-0.3, -0.25) is 9.69 Å². The van der Waals surface area contributed by atoms with Gasteiger partial charge in [0, 0.05) is 18.5 Å². The highest BCUT2D eigenvalue weighted by atomic mass is 16.5. The van der Waals surface area contributed by atoms with Crippen molar-refractivity contribution in [2.75, 3.05) is 32.8 Å². The van der Waals surface area contributed by atoms with Crippen LogP contribution in [0.5, 0.6) is 0 Å². The van der Waals surface area contributed by atoms with Crippen molar-refractivity contribution in [2.24, 2.45) is 5.92 Å². The smallest absolute Gasteiger partial charge is 0.237 e. The minimum absolute atomic E-state index is 0.0710. The van der Waals surface area contributed by atoms with Gasteiger partial charge >= 0.3 is 0 Å². The Bertz CT molecular complexity index is 373. The molecule has 1 saturated heterocycles. The predicted molar refractivity (Wildman–Crippen MR) is 79.9 cm³/mol. The molecule has 2 aliphatic carbocycles. The topological polar surface area (TPSA) is 53.0 Å². The van der Waals surface area contributed by atoms with Crippen LogP contribution in [0.1, 0.15) is 39.0 Å². The van der Waals surface area contributed by atoms with E-state index in [2.05, 4.69) is 11.8 Å². The predicted octanol–water partition coefficient (Wildman–Crippen LogP) is 0.859. The Labute approximate surface area is 127 Å². The third-order valence-electron chi connectivity index (χ3n) is 5.32. The Morgan fingerprint density at radius 1 is 1.33 bits per heavy atom. The minimum atomic E-state index is -0.266. The first kappa shape index (κ1) is 15.3. The number of aliphatic hydroxyl groups is 1. The van der Waals surface area contributed by atoms with Gasteiger partial charge in [0.05, 0.1) is 31.9 Å². The molecule has 2 saturated carbocycles. The van der Waals surface area contributed by atoms with E-state index >= 15 is 0 Å². The summed E-state index contributed by atoms with van der Waals surface area (Å²) in [6.07, 6.45) is 5.14. The molecule has 0 aromatic rings. The van der Waals surface area contributed by atoms with Crippen molar-refractivity contribution in [3.63, 3.8) is 0 Å². The van der Waals surface area contributed by atoms with Gasteiger partial charge in [0.2, 0.25) is 5.91 Å². The molecule has 3 unspecified atom stereocenters. The number of rotatable bonds is 5. The van der Waals surface area contributed by atoms with Crippen LogP contribution in [0, 0.1) is 5.92 Å². The molecule has 1 amide bonds. The maximum Gasteiger partial charge on any atom is 0.237 e. The molecule has 21 heavy (non-hydrogen) atoms. The van der Waals surface area contributed by atoms with Gasteiger partial charge in [-0.2, -0.15) is 0 Å². The first-order chi connectivity index (χ1) is 10.2. The molecule has 120 valence electrons. The van der Waals surface area contributed by atoms with Crippen molar-refractivity contribution in [1.29, 1.82) is 0 Å². The van der Waals surface area contributed by atoms with E-state index in [1.54, 1.807) is 0 Å². The molecule has 0 bridgehead atoms. The largest absolute Gasteiger partial charge is 0.393 e. The van der Waals surface area contributed by atoms with Gasteiger partial charge in [0.15, 0.2) is 0 Å². The standard InChI is InChI=1S/C16H28N2O3/c1-2-17(12-6-7-12)10-16(20)18-8-9-21-11-14(18)13-4-3-5-15(13)19/h12-15,19H,2-11H2,1H3. The van der Waals surface area contributed by atoms with Crippen molar-refractivity contribution in [3.8, 4) is 0 Å². The molecule has 3 rings (SSSR count). The van der Waals surface area contributed by atoms with Crippen LogP contribution < -0.4 is 0 Å². The summed E-state index contributed by atoms with van der Waals surface area (Å²) in [5, 5.41) is 10.2. The fourth-order valence-corrected chi connectivity index (χ4v) is 3.91. The molecule has 0 radical (unpaired) electrons. The van der Waals surface area contributed by atoms with Crippen LogP contribution in [0.15, 0.2) is 0 Å². The van der Waals surface area contributed by atoms with Gasteiger partial charge in [-0.05, 0) is 32.2 Å². The van der Waals surface area contributed by atoms with Crippen molar-refractivity contribution >= 4 is 5.91 Å². The Morgan fingerprint density at radius 2 is 2.14 bits per heavy atom. The molecule has 1 heterocycles. The Balaban J connectivity index is 1.63. The van der Waals surface area contributed by atoms with Gasteiger partial charge in [-0.1, -0.05) is 13.3 Å². The fraction of sp³-hybridized carbons (Fsp3) is 0.938. The molecule has 1 N–H and O–H groups in total. The molecule has 0 aromatic heterocycles. The second-order valence-corrected chi connectivity index (χ2v) is 6.69. The van der Waals surface area contributed by atoms with E-state index < -0.39 is 0 Å². The first-order valence-corrected chi connectivity index (χ1v) is 8.50. The van der Waals surface area contributed by atoms with Crippen LogP contribution in [0.25, 0.3) is 0 Å². The summed E-state index contributed by atoms with van der Waals surface area (Å²) >= 11 is 0. The van der Waals surface area contributed by atoms with Crippen LogP contribution in [0.3, 0.4) is 0 Å². The van der Waals surface area contributed by atoms with E-state index in [9.17, 15) is 9.90 Å². The number of amides is 1. The second kappa shape index (κ2) is 6.63. The van der Waals surface area contributed by atoms with Crippen LogP contribution in [-0.2, 0) is 9.53 Å². The van der Waals surface area contributed by atoms with Crippen LogP contribution in [0.4, 0.5) is 0 Å². The Hall–Kier alpha value is -0.650. The highest BCUT2D eigenvalue weighted by molar-refractivity contribution is 5.79. The normalized spacial score (nSPS) is 33.7. The highest BCUT2D eigenvalue weighted by Crippen LogP contribution is 2.32. The number of carbonyl (C=O) groups is 1. The molecule has 0 spiro atoms. The Morgan fingerprint density at radius 3 is 2.76 bits per heavy atom. The van der Waals surface area contributed by atoms with Gasteiger partial charge in [0.25, 0.3) is 0 Å². The van der Waals surface area contributed by atoms with Gasteiger partial charge < -0.3 is 14.7 Å². The average Bonchev–Trinajstić information content (AvgIpc) is 3.26. The molecule has 5 heteroatoms. The summed E-state index contributed by atoms with van der Waals surface area (Å²) in [5.41, 5.74) is 0. The minimum Gasteiger partial charge on any atom is -0.393 e. The number of carbonyl (C=O) groups excluding carboxylic acids is 1. The number of nitrogens with zero attached hydrogens (tertiary/aromatic N) is 2. The molecule has 0 aromatic carbocycles. The Kier molecular flexibility index (Phi) is 4.82.